The number of aryl methyl sites for hydroxylation is 1. The van der Waals surface area contributed by atoms with Crippen LogP contribution in [-0.4, -0.2) is 131 Å². The van der Waals surface area contributed by atoms with Gasteiger partial charge in [-0.3, -0.25) is 14.3 Å². The first-order valence-electron chi connectivity index (χ1n) is 27.1. The van der Waals surface area contributed by atoms with E-state index in [1.165, 1.54) is 24.3 Å². The molecule has 4 aliphatic rings. The van der Waals surface area contributed by atoms with Crippen LogP contribution < -0.4 is 15.8 Å². The summed E-state index contributed by atoms with van der Waals surface area (Å²) in [5.41, 5.74) is 13.9. The van der Waals surface area contributed by atoms with Gasteiger partial charge in [-0.2, -0.15) is 5.10 Å². The number of phenols is 1. The number of aliphatic hydroxyl groups excluding tert-OH is 1. The Morgan fingerprint density at radius 1 is 0.920 bits per heavy atom. The molecule has 10 rings (SSSR count). The zero-order chi connectivity index (χ0) is 52.3. The standard InChI is InChI=1S/C57H73N11O6S/c1-34(2)53(57(72)67-32-45(69)26-49(67)56(71)61-35(3)40-10-12-42(13-11-40)54-36(4)59-33-75-54)51-28-52(64-74-51)73-23-18-38-14-19-65(20-15-38)30-39-24-44(25-39)66-21-16-41(17-22-66)37(5)68-31-43(29-60-68)47-27-48(62-63-55(47)58)46-8-6-7-9-50(46)70/h6-13,27-29,31,33-35,37-39,41,44-45,49,53,69-70H,14-26,30,32H2,1-5H3,(H2,58,63)(H,61,71)/t35-,37?,39?,44?,45+,49-,53+/m0/s1. The van der Waals surface area contributed by atoms with Crippen molar-refractivity contribution in [2.24, 2.45) is 23.7 Å². The topological polar surface area (TPSA) is 214 Å². The smallest absolute Gasteiger partial charge is 0.254 e. The molecule has 398 valence electrons. The van der Waals surface area contributed by atoms with Crippen LogP contribution in [0.2, 0.25) is 0 Å². The molecule has 0 spiro atoms. The van der Waals surface area contributed by atoms with Crippen LogP contribution in [0.5, 0.6) is 11.6 Å². The maximum Gasteiger partial charge on any atom is 0.254 e. The number of hydrogen-bond donors (Lipinski definition) is 4. The Balaban J connectivity index is 0.626. The monoisotopic (exact) mass is 1040 g/mol. The molecule has 5 atom stereocenters. The fourth-order valence-corrected chi connectivity index (χ4v) is 12.9. The number of aliphatic hydroxyl groups is 1. The van der Waals surface area contributed by atoms with E-state index in [1.54, 1.807) is 29.5 Å². The second kappa shape index (κ2) is 22.9. The second-order valence-electron chi connectivity index (χ2n) is 22.0. The van der Waals surface area contributed by atoms with Crippen molar-refractivity contribution in [3.63, 3.8) is 0 Å². The van der Waals surface area contributed by atoms with Gasteiger partial charge in [0.1, 0.15) is 17.7 Å². The molecular weight excluding hydrogens is 967 g/mol. The number of β-amino-alcohol motifs (C(OH)–C–C–N with tert-alkyl or cyclic N) is 1. The first-order chi connectivity index (χ1) is 36.3. The van der Waals surface area contributed by atoms with Crippen molar-refractivity contribution in [1.29, 1.82) is 0 Å². The average Bonchev–Trinajstić information content (AvgIpc) is 4.24. The summed E-state index contributed by atoms with van der Waals surface area (Å²) in [5.74, 6) is 1.71. The zero-order valence-corrected chi connectivity index (χ0v) is 44.7. The van der Waals surface area contributed by atoms with Crippen LogP contribution >= 0.6 is 11.3 Å². The molecule has 3 aliphatic heterocycles. The first kappa shape index (κ1) is 52.2. The lowest BCUT2D eigenvalue weighted by atomic mass is 9.77. The fourth-order valence-electron chi connectivity index (χ4n) is 12.0. The number of carbonyl (C=O) groups excluding carboxylic acids is 2. The summed E-state index contributed by atoms with van der Waals surface area (Å²) in [6, 6.07) is 18.6. The van der Waals surface area contributed by atoms with Crippen LogP contribution in [-0.2, 0) is 9.59 Å². The minimum atomic E-state index is -0.811. The molecule has 5 N–H and O–H groups in total. The third kappa shape index (κ3) is 11.8. The summed E-state index contributed by atoms with van der Waals surface area (Å²) >= 11 is 1.60. The first-order valence-corrected chi connectivity index (χ1v) is 27.9. The molecule has 6 aromatic rings. The number of para-hydroxylation sites is 1. The number of amides is 2. The molecule has 0 bridgehead atoms. The van der Waals surface area contributed by atoms with Crippen LogP contribution in [0.25, 0.3) is 32.8 Å². The number of nitrogen functional groups attached to an aromatic ring is 1. The predicted octanol–water partition coefficient (Wildman–Crippen LogP) is 8.53. The Labute approximate surface area is 443 Å². The number of benzene rings is 2. The molecule has 4 fully saturated rings. The number of aromatic hydroxyl groups is 1. The Hall–Kier alpha value is -6.21. The highest BCUT2D eigenvalue weighted by molar-refractivity contribution is 7.13. The zero-order valence-electron chi connectivity index (χ0n) is 43.9. The molecule has 18 heteroatoms. The molecule has 1 saturated carbocycles. The summed E-state index contributed by atoms with van der Waals surface area (Å²) in [6.45, 7) is 16.3. The molecule has 17 nitrogen and oxygen atoms in total. The molecular formula is C57H73N11O6S. The van der Waals surface area contributed by atoms with Crippen molar-refractivity contribution >= 4 is 29.0 Å². The Morgan fingerprint density at radius 3 is 2.40 bits per heavy atom. The number of anilines is 1. The molecule has 7 heterocycles. The van der Waals surface area contributed by atoms with E-state index in [-0.39, 0.29) is 48.5 Å². The maximum atomic E-state index is 14.3. The van der Waals surface area contributed by atoms with Crippen molar-refractivity contribution in [2.75, 3.05) is 51.6 Å². The summed E-state index contributed by atoms with van der Waals surface area (Å²) in [4.78, 5) is 40.4. The number of nitrogens with one attached hydrogen (secondary N) is 1. The summed E-state index contributed by atoms with van der Waals surface area (Å²) < 4.78 is 14.0. The van der Waals surface area contributed by atoms with Gasteiger partial charge >= 0.3 is 0 Å². The number of hydrogen-bond acceptors (Lipinski definition) is 15. The lowest BCUT2D eigenvalue weighted by Crippen LogP contribution is -2.51. The molecule has 3 saturated heterocycles. The highest BCUT2D eigenvalue weighted by atomic mass is 32.1. The van der Waals surface area contributed by atoms with Crippen molar-refractivity contribution < 1.29 is 29.1 Å². The van der Waals surface area contributed by atoms with Crippen LogP contribution in [0.1, 0.15) is 114 Å². The van der Waals surface area contributed by atoms with Crippen LogP contribution in [0, 0.1) is 30.6 Å². The van der Waals surface area contributed by atoms with E-state index in [0.29, 0.717) is 53.2 Å². The molecule has 0 radical (unpaired) electrons. The van der Waals surface area contributed by atoms with Gasteiger partial charge in [0.05, 0.1) is 52.8 Å². The third-order valence-corrected chi connectivity index (χ3v) is 17.7. The van der Waals surface area contributed by atoms with Crippen molar-refractivity contribution in [3.8, 4) is 44.5 Å². The number of phenolic OH excluding ortho intramolecular Hbond substituents is 1. The fraction of sp³-hybridized carbons (Fsp3) is 0.526. The van der Waals surface area contributed by atoms with Crippen molar-refractivity contribution in [3.05, 3.63) is 95.6 Å². The highest BCUT2D eigenvalue weighted by Crippen LogP contribution is 2.39. The Kier molecular flexibility index (Phi) is 16.0. The van der Waals surface area contributed by atoms with Gasteiger partial charge in [-0.25, -0.2) is 4.98 Å². The number of ether oxygens (including phenoxy) is 1. The lowest BCUT2D eigenvalue weighted by molar-refractivity contribution is -0.141. The van der Waals surface area contributed by atoms with Crippen LogP contribution in [0.15, 0.2) is 83.1 Å². The van der Waals surface area contributed by atoms with Gasteiger partial charge in [-0.1, -0.05) is 50.2 Å². The number of aromatic nitrogens is 6. The van der Waals surface area contributed by atoms with E-state index in [0.717, 1.165) is 97.0 Å². The van der Waals surface area contributed by atoms with Crippen molar-refractivity contribution in [2.45, 2.75) is 122 Å². The molecule has 75 heavy (non-hydrogen) atoms. The highest BCUT2D eigenvalue weighted by Gasteiger charge is 2.44. The van der Waals surface area contributed by atoms with Crippen LogP contribution in [0.3, 0.4) is 0 Å². The molecule has 1 aliphatic carbocycles. The van der Waals surface area contributed by atoms with E-state index < -0.39 is 18.1 Å². The molecule has 4 aromatic heterocycles. The molecule has 1 unspecified atom stereocenters. The summed E-state index contributed by atoms with van der Waals surface area (Å²) in [5, 5.41) is 41.6. The molecule has 2 aromatic carbocycles. The second-order valence-corrected chi connectivity index (χ2v) is 22.9. The van der Waals surface area contributed by atoms with Gasteiger partial charge in [0, 0.05) is 54.5 Å². The predicted molar refractivity (Wildman–Crippen MR) is 289 cm³/mol. The maximum absolute atomic E-state index is 14.3. The normalized spacial score (nSPS) is 22.3. The van der Waals surface area contributed by atoms with Crippen molar-refractivity contribution in [1.82, 2.24) is 50.1 Å². The quantitative estimate of drug-likeness (QED) is 0.0635. The van der Waals surface area contributed by atoms with Gasteiger partial charge in [-0.05, 0) is 150 Å². The van der Waals surface area contributed by atoms with E-state index in [2.05, 4.69) is 53.3 Å². The van der Waals surface area contributed by atoms with E-state index in [4.69, 9.17) is 20.1 Å². The van der Waals surface area contributed by atoms with E-state index in [9.17, 15) is 19.8 Å². The molecule has 2 amide bonds. The van der Waals surface area contributed by atoms with Gasteiger partial charge in [0.25, 0.3) is 5.88 Å². The number of carbonyl (C=O) groups is 2. The van der Waals surface area contributed by atoms with Gasteiger partial charge in [0.2, 0.25) is 11.8 Å². The van der Waals surface area contributed by atoms with Crippen LogP contribution in [0.4, 0.5) is 5.82 Å². The number of nitrogens with two attached hydrogens (primary N) is 1. The Bertz CT molecular complexity index is 2880. The number of thiazole rings is 1. The summed E-state index contributed by atoms with van der Waals surface area (Å²) in [7, 11) is 0. The lowest BCUT2D eigenvalue weighted by Gasteiger charge is -2.48. The minimum Gasteiger partial charge on any atom is -0.507 e. The SMILES string of the molecule is Cc1ncsc1-c1ccc([C@H](C)NC(=O)[C@@H]2C[C@@H](O)CN2C(=O)[C@@H](c2cc(OCCC3CCN(CC4CC(N5CCC(C(C)n6cc(-c7cc(-c8ccccc8O)nnc7N)cn6)CC5)C4)CC3)no2)C(C)C)cc1. The third-order valence-electron chi connectivity index (χ3n) is 16.7. The Morgan fingerprint density at radius 2 is 1.68 bits per heavy atom. The van der Waals surface area contributed by atoms with E-state index in [1.807, 2.05) is 81.9 Å². The number of nitrogens with zero attached hydrogens (tertiary/aromatic N) is 9. The van der Waals surface area contributed by atoms with Gasteiger partial charge in [0.15, 0.2) is 11.6 Å². The number of rotatable bonds is 18. The summed E-state index contributed by atoms with van der Waals surface area (Å²) in [6.07, 6.45) is 11.4. The number of piperidine rings is 2. The van der Waals surface area contributed by atoms with Gasteiger partial charge < -0.3 is 45.2 Å². The average molecular weight is 1040 g/mol. The van der Waals surface area contributed by atoms with E-state index >= 15 is 0 Å². The number of likely N-dealkylation sites (tertiary alicyclic amines) is 3. The minimum absolute atomic E-state index is 0.0711. The largest absolute Gasteiger partial charge is 0.507 e. The van der Waals surface area contributed by atoms with Gasteiger partial charge in [-0.15, -0.1) is 21.5 Å².